The van der Waals surface area contributed by atoms with Gasteiger partial charge in [0.1, 0.15) is 0 Å². The number of imide groups is 1. The van der Waals surface area contributed by atoms with E-state index in [0.717, 1.165) is 16.5 Å². The average molecular weight is 523 g/mol. The number of ether oxygens (including phenoxy) is 1. The van der Waals surface area contributed by atoms with Crippen LogP contribution in [-0.2, 0) is 19.1 Å². The molecule has 0 aromatic heterocycles. The van der Waals surface area contributed by atoms with Crippen LogP contribution in [0.2, 0.25) is 0 Å². The third-order valence-corrected chi connectivity index (χ3v) is 7.51. The van der Waals surface area contributed by atoms with E-state index in [1.165, 1.54) is 22.6 Å². The maximum absolute atomic E-state index is 13.2. The molecule has 2 aromatic rings. The van der Waals surface area contributed by atoms with Crippen LogP contribution in [-0.4, -0.2) is 30.3 Å². The van der Waals surface area contributed by atoms with Crippen LogP contribution in [0.25, 0.3) is 0 Å². The molecule has 3 amide bonds. The third kappa shape index (κ3) is 3.76. The minimum atomic E-state index is -0.707. The van der Waals surface area contributed by atoms with Crippen LogP contribution in [0.5, 0.6) is 0 Å². The number of carbonyl (C=O) groups excluding carboxylic acids is 4. The number of hydrogen-bond donors (Lipinski definition) is 1. The van der Waals surface area contributed by atoms with Crippen LogP contribution in [0.15, 0.2) is 58.6 Å². The van der Waals surface area contributed by atoms with Gasteiger partial charge in [0.15, 0.2) is 6.61 Å². The van der Waals surface area contributed by atoms with Gasteiger partial charge in [0.2, 0.25) is 11.8 Å². The molecule has 2 fully saturated rings. The molecule has 34 heavy (non-hydrogen) atoms. The van der Waals surface area contributed by atoms with Crippen molar-refractivity contribution in [3.8, 4) is 0 Å². The number of nitrogens with one attached hydrogen (secondary N) is 1. The molecular formula is C26H23BrN2O5. The maximum atomic E-state index is 13.2. The van der Waals surface area contributed by atoms with Crippen LogP contribution >= 0.6 is 15.9 Å². The van der Waals surface area contributed by atoms with E-state index < -0.39 is 18.5 Å². The van der Waals surface area contributed by atoms with E-state index in [-0.39, 0.29) is 41.0 Å². The molecule has 7 nitrogen and oxygen atoms in total. The Morgan fingerprint density at radius 2 is 1.85 bits per heavy atom. The monoisotopic (exact) mass is 522 g/mol. The van der Waals surface area contributed by atoms with Crippen molar-refractivity contribution in [2.45, 2.75) is 20.3 Å². The first-order valence-corrected chi connectivity index (χ1v) is 11.9. The number of allylic oxidation sites excluding steroid dienone is 2. The van der Waals surface area contributed by atoms with Crippen molar-refractivity contribution in [2.75, 3.05) is 16.8 Å². The number of fused-ring (bicyclic) bond motifs is 5. The number of hydrogen-bond acceptors (Lipinski definition) is 5. The van der Waals surface area contributed by atoms with Crippen LogP contribution in [0.1, 0.15) is 29.3 Å². The molecule has 8 heteroatoms. The number of anilines is 2. The average Bonchev–Trinajstić information content (AvgIpc) is 3.44. The lowest BCUT2D eigenvalue weighted by Gasteiger charge is -2.19. The summed E-state index contributed by atoms with van der Waals surface area (Å²) in [6.07, 6.45) is 2.98. The molecule has 5 rings (SSSR count). The smallest absolute Gasteiger partial charge is 0.338 e. The molecular weight excluding hydrogens is 500 g/mol. The van der Waals surface area contributed by atoms with E-state index in [9.17, 15) is 19.2 Å². The van der Waals surface area contributed by atoms with Crippen molar-refractivity contribution < 1.29 is 23.9 Å². The molecule has 1 saturated carbocycles. The molecule has 1 saturated heterocycles. The van der Waals surface area contributed by atoms with E-state index in [0.29, 0.717) is 11.4 Å². The van der Waals surface area contributed by atoms with Gasteiger partial charge in [-0.2, -0.15) is 0 Å². The van der Waals surface area contributed by atoms with Crippen molar-refractivity contribution in [2.24, 2.45) is 23.7 Å². The normalized spacial score (nSPS) is 24.8. The standard InChI is InChI=1S/C26H23BrN2O5/c1-13-8-16-11-19(13)23-22(16)24(31)29(25(23)32)18-5-3-4-15(10-18)26(33)34-12-21(30)28-20-7-6-17(27)9-14(20)2/h3-10,16,19,22-23H,11-12H2,1-2H3,(H,28,30)/t16-,19+,22+,23+/m0/s1. The molecule has 2 aliphatic carbocycles. The number of rotatable bonds is 5. The first kappa shape index (κ1) is 22.5. The van der Waals surface area contributed by atoms with Crippen molar-refractivity contribution in [1.82, 2.24) is 0 Å². The molecule has 1 aliphatic heterocycles. The highest BCUT2D eigenvalue weighted by molar-refractivity contribution is 9.10. The van der Waals surface area contributed by atoms with Gasteiger partial charge in [0.25, 0.3) is 5.91 Å². The minimum Gasteiger partial charge on any atom is -0.452 e. The SMILES string of the molecule is CC1=C[C@H]2C[C@H]1[C@H]1C(=O)N(c3cccc(C(=O)OCC(=O)Nc4ccc(Br)cc4C)c3)C(=O)[C@@H]12. The molecule has 1 heterocycles. The van der Waals surface area contributed by atoms with Crippen molar-refractivity contribution in [3.63, 3.8) is 0 Å². The van der Waals surface area contributed by atoms with E-state index in [2.05, 4.69) is 27.3 Å². The lowest BCUT2D eigenvalue weighted by molar-refractivity contribution is -0.123. The first-order chi connectivity index (χ1) is 16.2. The second-order valence-corrected chi connectivity index (χ2v) is 10.0. The second kappa shape index (κ2) is 8.51. The summed E-state index contributed by atoms with van der Waals surface area (Å²) in [6.45, 7) is 3.42. The highest BCUT2D eigenvalue weighted by Crippen LogP contribution is 2.55. The number of halogens is 1. The fourth-order valence-electron chi connectivity index (χ4n) is 5.47. The van der Waals surface area contributed by atoms with E-state index >= 15 is 0 Å². The molecule has 4 atom stereocenters. The molecule has 3 aliphatic rings. The number of amides is 3. The quantitative estimate of drug-likeness (QED) is 0.360. The summed E-state index contributed by atoms with van der Waals surface area (Å²) in [7, 11) is 0. The summed E-state index contributed by atoms with van der Waals surface area (Å²) in [4.78, 5) is 52.3. The number of esters is 1. The van der Waals surface area contributed by atoms with Crippen LogP contribution in [0.4, 0.5) is 11.4 Å². The molecule has 174 valence electrons. The fraction of sp³-hybridized carbons (Fsp3) is 0.308. The zero-order chi connectivity index (χ0) is 24.1. The summed E-state index contributed by atoms with van der Waals surface area (Å²) in [5.41, 5.74) is 3.20. The Balaban J connectivity index is 1.25. The largest absolute Gasteiger partial charge is 0.452 e. The Kier molecular flexibility index (Phi) is 5.64. The summed E-state index contributed by atoms with van der Waals surface area (Å²) in [5, 5.41) is 2.71. The Bertz CT molecular complexity index is 1270. The number of benzene rings is 2. The van der Waals surface area contributed by atoms with Crippen molar-refractivity contribution >= 4 is 51.0 Å². The van der Waals surface area contributed by atoms with Gasteiger partial charge >= 0.3 is 5.97 Å². The van der Waals surface area contributed by atoms with Crippen LogP contribution in [0, 0.1) is 30.6 Å². The number of carbonyl (C=O) groups is 4. The third-order valence-electron chi connectivity index (χ3n) is 7.02. The van der Waals surface area contributed by atoms with Gasteiger partial charge in [-0.15, -0.1) is 0 Å². The fourth-order valence-corrected chi connectivity index (χ4v) is 5.94. The Labute approximate surface area is 205 Å². The van der Waals surface area contributed by atoms with Gasteiger partial charge in [-0.25, -0.2) is 9.69 Å². The van der Waals surface area contributed by atoms with E-state index in [1.807, 2.05) is 19.9 Å². The zero-order valence-corrected chi connectivity index (χ0v) is 20.3. The summed E-state index contributed by atoms with van der Waals surface area (Å²) in [5.74, 6) is -1.99. The topological polar surface area (TPSA) is 92.8 Å². The van der Waals surface area contributed by atoms with Gasteiger partial charge in [0, 0.05) is 10.2 Å². The Hall–Kier alpha value is -3.26. The number of aryl methyl sites for hydroxylation is 1. The van der Waals surface area contributed by atoms with Gasteiger partial charge in [-0.05, 0) is 74.1 Å². The molecule has 0 radical (unpaired) electrons. The predicted octanol–water partition coefficient (Wildman–Crippen LogP) is 4.25. The lowest BCUT2D eigenvalue weighted by atomic mass is 9.82. The Morgan fingerprint density at radius 1 is 1.09 bits per heavy atom. The van der Waals surface area contributed by atoms with Crippen molar-refractivity contribution in [1.29, 1.82) is 0 Å². The molecule has 0 unspecified atom stereocenters. The predicted molar refractivity (Wildman–Crippen MR) is 129 cm³/mol. The van der Waals surface area contributed by atoms with Crippen molar-refractivity contribution in [3.05, 3.63) is 69.7 Å². The van der Waals surface area contributed by atoms with Gasteiger partial charge in [-0.3, -0.25) is 14.4 Å². The summed E-state index contributed by atoms with van der Waals surface area (Å²) >= 11 is 3.37. The highest BCUT2D eigenvalue weighted by Gasteiger charge is 2.60. The molecule has 2 bridgehead atoms. The minimum absolute atomic E-state index is 0.109. The summed E-state index contributed by atoms with van der Waals surface area (Å²) in [6, 6.07) is 11.7. The van der Waals surface area contributed by atoms with E-state index in [1.54, 1.807) is 24.3 Å². The first-order valence-electron chi connectivity index (χ1n) is 11.1. The van der Waals surface area contributed by atoms with Gasteiger partial charge < -0.3 is 10.1 Å². The zero-order valence-electron chi connectivity index (χ0n) is 18.7. The Morgan fingerprint density at radius 3 is 2.62 bits per heavy atom. The maximum Gasteiger partial charge on any atom is 0.338 e. The molecule has 2 aromatic carbocycles. The highest BCUT2D eigenvalue weighted by atomic mass is 79.9. The van der Waals surface area contributed by atoms with Crippen LogP contribution < -0.4 is 10.2 Å². The van der Waals surface area contributed by atoms with Gasteiger partial charge in [0.05, 0.1) is 23.1 Å². The van der Waals surface area contributed by atoms with Crippen LogP contribution in [0.3, 0.4) is 0 Å². The number of nitrogens with zero attached hydrogens (tertiary/aromatic N) is 1. The second-order valence-electron chi connectivity index (χ2n) is 9.11. The molecule has 1 N–H and O–H groups in total. The molecule has 0 spiro atoms. The van der Waals surface area contributed by atoms with E-state index in [4.69, 9.17) is 4.74 Å². The summed E-state index contributed by atoms with van der Waals surface area (Å²) < 4.78 is 6.07. The van der Waals surface area contributed by atoms with Gasteiger partial charge in [-0.1, -0.05) is 33.6 Å². The lowest BCUT2D eigenvalue weighted by Crippen LogP contribution is -2.33.